The zero-order valence-corrected chi connectivity index (χ0v) is 16.7. The summed E-state index contributed by atoms with van der Waals surface area (Å²) in [4.78, 5) is 5.86. The number of ether oxygens (including phenoxy) is 1. The maximum absolute atomic E-state index is 10.4. The van der Waals surface area contributed by atoms with Crippen LogP contribution in [-0.2, 0) is 0 Å². The molecule has 0 radical (unpaired) electrons. The van der Waals surface area contributed by atoms with Crippen molar-refractivity contribution >= 4 is 11.9 Å². The number of rotatable bonds is 7. The molecule has 1 aliphatic rings. The highest BCUT2D eigenvalue weighted by molar-refractivity contribution is 5.85. The van der Waals surface area contributed by atoms with Crippen molar-refractivity contribution in [1.82, 2.24) is 0 Å². The van der Waals surface area contributed by atoms with Gasteiger partial charge in [-0.2, -0.15) is 0 Å². The molecule has 5 nitrogen and oxygen atoms in total. The van der Waals surface area contributed by atoms with Gasteiger partial charge >= 0.3 is 0 Å². The Morgan fingerprint density at radius 3 is 2.46 bits per heavy atom. The molecule has 0 spiro atoms. The fourth-order valence-electron chi connectivity index (χ4n) is 3.88. The Kier molecular flexibility index (Phi) is 7.06. The topological polar surface area (TPSA) is 66.5 Å². The zero-order chi connectivity index (χ0) is 19.9. The highest BCUT2D eigenvalue weighted by atomic mass is 16.5. The van der Waals surface area contributed by atoms with Gasteiger partial charge in [-0.05, 0) is 69.5 Å². The lowest BCUT2D eigenvalue weighted by atomic mass is 9.97. The van der Waals surface area contributed by atoms with Crippen LogP contribution in [0.3, 0.4) is 0 Å². The van der Waals surface area contributed by atoms with Crippen LogP contribution in [0.5, 0.6) is 11.5 Å². The number of piperidine rings is 1. The predicted molar refractivity (Wildman–Crippen MR) is 112 cm³/mol. The van der Waals surface area contributed by atoms with E-state index in [9.17, 15) is 10.2 Å². The minimum atomic E-state index is -0.475. The Bertz CT molecular complexity index is 766. The number of phenols is 1. The first-order chi connectivity index (χ1) is 13.5. The summed E-state index contributed by atoms with van der Waals surface area (Å²) in [5.74, 6) is 0.926. The highest BCUT2D eigenvalue weighted by Gasteiger charge is 2.30. The molecule has 150 valence electrons. The summed E-state index contributed by atoms with van der Waals surface area (Å²) in [6.45, 7) is 5.56. The molecule has 0 bridgehead atoms. The van der Waals surface area contributed by atoms with Crippen LogP contribution in [0.15, 0.2) is 53.5 Å². The molecule has 2 aromatic rings. The third-order valence-electron chi connectivity index (χ3n) is 5.58. The minimum Gasteiger partial charge on any atom is -0.507 e. The Labute approximate surface area is 167 Å². The van der Waals surface area contributed by atoms with Gasteiger partial charge in [-0.1, -0.05) is 12.1 Å². The molecule has 0 saturated carbocycles. The van der Waals surface area contributed by atoms with Gasteiger partial charge in [0.25, 0.3) is 0 Å². The van der Waals surface area contributed by atoms with Gasteiger partial charge < -0.3 is 19.8 Å². The van der Waals surface area contributed by atoms with E-state index >= 15 is 0 Å². The van der Waals surface area contributed by atoms with Crippen molar-refractivity contribution in [3.63, 3.8) is 0 Å². The molecule has 2 aromatic carbocycles. The molecule has 3 rings (SSSR count). The van der Waals surface area contributed by atoms with Gasteiger partial charge in [0.15, 0.2) is 0 Å². The van der Waals surface area contributed by atoms with Crippen LogP contribution in [0.1, 0.15) is 38.7 Å². The van der Waals surface area contributed by atoms with Crippen LogP contribution in [0.25, 0.3) is 0 Å². The van der Waals surface area contributed by atoms with E-state index in [1.54, 1.807) is 18.3 Å². The van der Waals surface area contributed by atoms with Gasteiger partial charge in [0, 0.05) is 11.8 Å². The average molecular weight is 384 g/mol. The first-order valence-corrected chi connectivity index (χ1v) is 10.1. The number of para-hydroxylation sites is 1. The molecule has 5 heteroatoms. The summed E-state index contributed by atoms with van der Waals surface area (Å²) in [6.07, 6.45) is 4.92. The number of aromatic hydroxyl groups is 1. The van der Waals surface area contributed by atoms with E-state index in [-0.39, 0.29) is 5.75 Å². The van der Waals surface area contributed by atoms with Crippen molar-refractivity contribution in [2.45, 2.75) is 51.3 Å². The Hall–Kier alpha value is -2.37. The molecule has 3 N–H and O–H groups in total. The summed E-state index contributed by atoms with van der Waals surface area (Å²) in [5, 5.41) is 20.2. The first-order valence-electron chi connectivity index (χ1n) is 10.1. The summed E-state index contributed by atoms with van der Waals surface area (Å²) in [6, 6.07) is 15.7. The van der Waals surface area contributed by atoms with Crippen molar-refractivity contribution < 1.29 is 19.8 Å². The molecule has 1 fully saturated rings. The predicted octanol–water partition coefficient (Wildman–Crippen LogP) is 2.73. The fourth-order valence-corrected chi connectivity index (χ4v) is 3.88. The molecule has 1 aliphatic heterocycles. The summed E-state index contributed by atoms with van der Waals surface area (Å²) in [5.41, 5.74) is 1.45. The average Bonchev–Trinajstić information content (AvgIpc) is 2.69. The smallest absolute Gasteiger partial charge is 0.137 e. The number of likely N-dealkylation sites (tertiary alicyclic amines) is 1. The van der Waals surface area contributed by atoms with E-state index in [4.69, 9.17) is 4.74 Å². The maximum atomic E-state index is 10.4. The molecule has 0 aromatic heterocycles. The van der Waals surface area contributed by atoms with Crippen LogP contribution in [0.4, 0.5) is 5.69 Å². The fraction of sp³-hybridized carbons (Fsp3) is 0.435. The monoisotopic (exact) mass is 383 g/mol. The van der Waals surface area contributed by atoms with Crippen LogP contribution >= 0.6 is 0 Å². The number of aliphatic imine (C=N–C) groups is 1. The molecule has 0 aliphatic carbocycles. The molecular weight excluding hydrogens is 352 g/mol. The molecule has 28 heavy (non-hydrogen) atoms. The molecule has 4 atom stereocenters. The Balaban J connectivity index is 1.49. The van der Waals surface area contributed by atoms with Crippen molar-refractivity contribution in [3.8, 4) is 11.5 Å². The van der Waals surface area contributed by atoms with Gasteiger partial charge in [0.1, 0.15) is 30.8 Å². The quantitative estimate of drug-likeness (QED) is 0.644. The van der Waals surface area contributed by atoms with E-state index < -0.39 is 6.10 Å². The number of nitrogens with zero attached hydrogens (tertiary/aromatic N) is 1. The molecule has 0 amide bonds. The van der Waals surface area contributed by atoms with Gasteiger partial charge in [0.2, 0.25) is 0 Å². The van der Waals surface area contributed by atoms with Crippen molar-refractivity contribution in [1.29, 1.82) is 0 Å². The minimum absolute atomic E-state index is 0.208. The van der Waals surface area contributed by atoms with Crippen LogP contribution < -0.4 is 9.64 Å². The highest BCUT2D eigenvalue weighted by Crippen LogP contribution is 2.20. The number of phenolic OH excluding ortho intramolecular Hbond substituents is 1. The SMILES string of the molecule is C[C@@H]1CCC[C@H](C)[NH+]1C[C@H](O)COc1ccc(N=Cc2ccccc2O)cc1. The molecule has 1 saturated heterocycles. The van der Waals surface area contributed by atoms with Gasteiger partial charge in [0.05, 0.1) is 17.8 Å². The molecule has 1 heterocycles. The van der Waals surface area contributed by atoms with E-state index in [0.29, 0.717) is 24.3 Å². The van der Waals surface area contributed by atoms with E-state index in [1.165, 1.54) is 24.2 Å². The van der Waals surface area contributed by atoms with Gasteiger partial charge in [-0.25, -0.2) is 0 Å². The van der Waals surface area contributed by atoms with Gasteiger partial charge in [-0.3, -0.25) is 4.99 Å². The molecule has 1 unspecified atom stereocenters. The number of aliphatic hydroxyl groups is 1. The van der Waals surface area contributed by atoms with E-state index in [2.05, 4.69) is 18.8 Å². The summed E-state index contributed by atoms with van der Waals surface area (Å²) >= 11 is 0. The second-order valence-corrected chi connectivity index (χ2v) is 7.79. The van der Waals surface area contributed by atoms with Crippen molar-refractivity contribution in [2.75, 3.05) is 13.2 Å². The second kappa shape index (κ2) is 9.71. The molecular formula is C23H31N2O3+. The number of hydrogen-bond acceptors (Lipinski definition) is 4. The number of quaternary nitrogens is 1. The third-order valence-corrected chi connectivity index (χ3v) is 5.58. The second-order valence-electron chi connectivity index (χ2n) is 7.79. The number of nitrogens with one attached hydrogen (secondary N) is 1. The number of hydrogen-bond donors (Lipinski definition) is 3. The number of aliphatic hydroxyl groups excluding tert-OH is 1. The third kappa shape index (κ3) is 5.57. The lowest BCUT2D eigenvalue weighted by Gasteiger charge is -2.36. The summed E-state index contributed by atoms with van der Waals surface area (Å²) in [7, 11) is 0. The Morgan fingerprint density at radius 1 is 1.11 bits per heavy atom. The first kappa shape index (κ1) is 20.4. The van der Waals surface area contributed by atoms with Crippen molar-refractivity contribution in [2.24, 2.45) is 4.99 Å². The maximum Gasteiger partial charge on any atom is 0.137 e. The van der Waals surface area contributed by atoms with Crippen LogP contribution in [0, 0.1) is 0 Å². The largest absolute Gasteiger partial charge is 0.507 e. The number of benzene rings is 2. The lowest BCUT2D eigenvalue weighted by Crippen LogP contribution is -3.20. The van der Waals surface area contributed by atoms with Crippen LogP contribution in [0.2, 0.25) is 0 Å². The summed E-state index contributed by atoms with van der Waals surface area (Å²) < 4.78 is 5.76. The normalized spacial score (nSPS) is 23.6. The zero-order valence-electron chi connectivity index (χ0n) is 16.7. The van der Waals surface area contributed by atoms with E-state index in [1.807, 2.05) is 36.4 Å². The van der Waals surface area contributed by atoms with Crippen LogP contribution in [-0.4, -0.2) is 47.8 Å². The Morgan fingerprint density at radius 2 is 1.79 bits per heavy atom. The standard InChI is InChI=1S/C23H30N2O3/c1-17-6-5-7-18(2)25(17)15-21(26)16-28-22-12-10-20(11-13-22)24-14-19-8-3-4-9-23(19)27/h3-4,8-14,17-18,21,26-27H,5-7,15-16H2,1-2H3/p+1/t17-,18+,21-/m0/s1. The van der Waals surface area contributed by atoms with Gasteiger partial charge in [-0.15, -0.1) is 0 Å². The van der Waals surface area contributed by atoms with Crippen molar-refractivity contribution in [3.05, 3.63) is 54.1 Å². The lowest BCUT2D eigenvalue weighted by molar-refractivity contribution is -0.954. The van der Waals surface area contributed by atoms with E-state index in [0.717, 1.165) is 18.0 Å².